The van der Waals surface area contributed by atoms with Crippen LogP contribution in [-0.4, -0.2) is 51.8 Å². The maximum atomic E-state index is 10.2. The average Bonchev–Trinajstić information content (AvgIpc) is 2.14. The average molecular weight is 366 g/mol. The van der Waals surface area contributed by atoms with Crippen molar-refractivity contribution in [3.8, 4) is 0 Å². The van der Waals surface area contributed by atoms with Crippen molar-refractivity contribution in [2.45, 2.75) is 25.7 Å². The van der Waals surface area contributed by atoms with E-state index in [0.29, 0.717) is 0 Å². The summed E-state index contributed by atoms with van der Waals surface area (Å²) in [6, 6.07) is 0. The second-order valence-electron chi connectivity index (χ2n) is 2.71. The number of rotatable bonds is 10. The molecule has 7 heteroatoms. The monoisotopic (exact) mass is 368 g/mol. The van der Waals surface area contributed by atoms with Gasteiger partial charge in [0.2, 0.25) is 0 Å². The summed E-state index contributed by atoms with van der Waals surface area (Å²) in [6.07, 6.45) is 1.98. The Bertz CT molecular complexity index is 181. The van der Waals surface area contributed by atoms with Crippen molar-refractivity contribution in [1.82, 2.24) is 0 Å². The van der Waals surface area contributed by atoms with Crippen LogP contribution in [0.5, 0.6) is 0 Å². The van der Waals surface area contributed by atoms with Crippen molar-refractivity contribution < 1.29 is 19.8 Å². The number of carboxylic acid groups (broad SMARTS) is 2. The van der Waals surface area contributed by atoms with Gasteiger partial charge in [-0.3, -0.25) is 0 Å². The molecule has 0 bridgehead atoms. The van der Waals surface area contributed by atoms with Gasteiger partial charge in [-0.05, 0) is 0 Å². The molecule has 0 atom stereocenters. The normalized spacial score (nSPS) is 10.1. The van der Waals surface area contributed by atoms with Gasteiger partial charge in [-0.25, -0.2) is 0 Å². The first-order chi connectivity index (χ1) is 7.13. The number of aliphatic carboxylic acids is 2. The first-order valence-electron chi connectivity index (χ1n) is 4.47. The van der Waals surface area contributed by atoms with Crippen LogP contribution in [0.3, 0.4) is 0 Å². The van der Waals surface area contributed by atoms with Crippen LogP contribution in [0.1, 0.15) is 25.7 Å². The third-order valence-corrected chi connectivity index (χ3v) is 10.8. The van der Waals surface area contributed by atoms with Crippen LogP contribution in [0.15, 0.2) is 0 Å². The van der Waals surface area contributed by atoms with Gasteiger partial charge >= 0.3 is 105 Å². The van der Waals surface area contributed by atoms with E-state index in [-0.39, 0.29) is 31.0 Å². The first-order valence-corrected chi connectivity index (χ1v) is 12.0. The molecule has 0 fully saturated rings. The van der Waals surface area contributed by atoms with E-state index in [1.807, 2.05) is 18.0 Å². The predicted octanol–water partition coefficient (Wildman–Crippen LogP) is 1.72. The third-order valence-electron chi connectivity index (χ3n) is 1.33. The summed E-state index contributed by atoms with van der Waals surface area (Å²) >= 11 is -0.158. The van der Waals surface area contributed by atoms with Crippen LogP contribution in [0.4, 0.5) is 0 Å². The van der Waals surface area contributed by atoms with Gasteiger partial charge in [0, 0.05) is 0 Å². The SMILES string of the molecule is O=C(O)CCCS[Te]SCCCC(=O)O. The topological polar surface area (TPSA) is 74.6 Å². The van der Waals surface area contributed by atoms with Crippen LogP contribution in [-0.2, 0) is 9.59 Å². The molecular weight excluding hydrogens is 352 g/mol. The summed E-state index contributed by atoms with van der Waals surface area (Å²) in [5, 5.41) is 16.8. The Labute approximate surface area is 105 Å². The molecule has 15 heavy (non-hydrogen) atoms. The van der Waals surface area contributed by atoms with E-state index >= 15 is 0 Å². The Balaban J connectivity index is 2.99. The van der Waals surface area contributed by atoms with Crippen molar-refractivity contribution in [3.05, 3.63) is 0 Å². The minimum absolute atomic E-state index is 0.158. The minimum atomic E-state index is -0.731. The zero-order chi connectivity index (χ0) is 11.5. The van der Waals surface area contributed by atoms with E-state index in [4.69, 9.17) is 10.2 Å². The van der Waals surface area contributed by atoms with Gasteiger partial charge in [0.15, 0.2) is 0 Å². The fraction of sp³-hybridized carbons (Fsp3) is 0.750. The molecule has 0 aliphatic rings. The Kier molecular flexibility index (Phi) is 11.2. The summed E-state index contributed by atoms with van der Waals surface area (Å²) in [7, 11) is 3.67. The number of carbonyl (C=O) groups is 2. The summed E-state index contributed by atoms with van der Waals surface area (Å²) in [5.41, 5.74) is 0. The van der Waals surface area contributed by atoms with Crippen molar-refractivity contribution in [2.24, 2.45) is 0 Å². The summed E-state index contributed by atoms with van der Waals surface area (Å²) in [4.78, 5) is 20.4. The molecule has 0 aromatic rings. The molecule has 0 spiro atoms. The molecule has 88 valence electrons. The zero-order valence-corrected chi connectivity index (χ0v) is 12.1. The van der Waals surface area contributed by atoms with Crippen LogP contribution >= 0.6 is 18.0 Å². The van der Waals surface area contributed by atoms with E-state index in [1.165, 1.54) is 0 Å². The first kappa shape index (κ1) is 15.4. The standard InChI is InChI=1S/C8H14O4S2Te/c9-7(10)3-1-5-13-15-14-6-2-4-8(11)12/h1-6H2,(H,9,10)(H,11,12). The summed E-state index contributed by atoms with van der Waals surface area (Å²) in [5.74, 6) is 0.372. The molecule has 0 amide bonds. The van der Waals surface area contributed by atoms with E-state index < -0.39 is 11.9 Å². The van der Waals surface area contributed by atoms with E-state index in [1.54, 1.807) is 0 Å². The van der Waals surface area contributed by atoms with E-state index in [0.717, 1.165) is 24.3 Å². The van der Waals surface area contributed by atoms with Crippen LogP contribution in [0, 0.1) is 0 Å². The van der Waals surface area contributed by atoms with Gasteiger partial charge in [0.05, 0.1) is 0 Å². The quantitative estimate of drug-likeness (QED) is 0.453. The molecule has 0 aromatic carbocycles. The van der Waals surface area contributed by atoms with Crippen LogP contribution in [0.25, 0.3) is 0 Å². The van der Waals surface area contributed by atoms with Crippen LogP contribution < -0.4 is 0 Å². The molecule has 0 aromatic heterocycles. The Morgan fingerprint density at radius 1 is 0.933 bits per heavy atom. The molecule has 0 heterocycles. The van der Waals surface area contributed by atoms with Crippen molar-refractivity contribution in [3.63, 3.8) is 0 Å². The van der Waals surface area contributed by atoms with Crippen LogP contribution in [0.2, 0.25) is 0 Å². The van der Waals surface area contributed by atoms with Gasteiger partial charge < -0.3 is 0 Å². The molecular formula is C8H14O4S2Te. The van der Waals surface area contributed by atoms with Crippen molar-refractivity contribution >= 4 is 48.1 Å². The molecule has 0 saturated carbocycles. The molecule has 0 rings (SSSR count). The van der Waals surface area contributed by atoms with Gasteiger partial charge in [-0.2, -0.15) is 0 Å². The van der Waals surface area contributed by atoms with Gasteiger partial charge in [-0.15, -0.1) is 0 Å². The fourth-order valence-corrected chi connectivity index (χ4v) is 9.27. The third kappa shape index (κ3) is 14.4. The number of carboxylic acids is 2. The predicted molar refractivity (Wildman–Crippen MR) is 64.4 cm³/mol. The van der Waals surface area contributed by atoms with Gasteiger partial charge in [0.25, 0.3) is 0 Å². The Morgan fingerprint density at radius 2 is 1.33 bits per heavy atom. The zero-order valence-electron chi connectivity index (χ0n) is 8.18. The molecule has 2 N–H and O–H groups in total. The molecule has 0 unspecified atom stereocenters. The molecule has 0 aliphatic heterocycles. The Morgan fingerprint density at radius 3 is 1.67 bits per heavy atom. The molecule has 0 radical (unpaired) electrons. The summed E-state index contributed by atoms with van der Waals surface area (Å²) in [6.45, 7) is 0. The maximum absolute atomic E-state index is 10.2. The van der Waals surface area contributed by atoms with Crippen molar-refractivity contribution in [1.29, 1.82) is 0 Å². The summed E-state index contributed by atoms with van der Waals surface area (Å²) < 4.78 is 0. The van der Waals surface area contributed by atoms with Gasteiger partial charge in [-0.1, -0.05) is 0 Å². The molecule has 0 saturated heterocycles. The number of hydrogen-bond donors (Lipinski definition) is 2. The van der Waals surface area contributed by atoms with Crippen molar-refractivity contribution in [2.75, 3.05) is 11.5 Å². The van der Waals surface area contributed by atoms with E-state index in [2.05, 4.69) is 0 Å². The fourth-order valence-electron chi connectivity index (χ4n) is 0.667. The Hall–Kier alpha value is 0.430. The molecule has 4 nitrogen and oxygen atoms in total. The van der Waals surface area contributed by atoms with Gasteiger partial charge in [0.1, 0.15) is 0 Å². The number of hydrogen-bond acceptors (Lipinski definition) is 4. The molecule has 0 aliphatic carbocycles. The second kappa shape index (κ2) is 10.9. The second-order valence-corrected chi connectivity index (χ2v) is 12.1. The van der Waals surface area contributed by atoms with E-state index in [9.17, 15) is 9.59 Å².